The number of hydrogen-bond acceptors (Lipinski definition) is 3. The number of alkyl halides is 2. The zero-order valence-electron chi connectivity index (χ0n) is 11.7. The second kappa shape index (κ2) is 7.22. The highest BCUT2D eigenvalue weighted by Crippen LogP contribution is 2.24. The van der Waals surface area contributed by atoms with Gasteiger partial charge < -0.3 is 14.6 Å². The Kier molecular flexibility index (Phi) is 5.32. The van der Waals surface area contributed by atoms with Crippen molar-refractivity contribution in [1.29, 1.82) is 0 Å². The lowest BCUT2D eigenvalue weighted by molar-refractivity contribution is -0.124. The summed E-state index contributed by atoms with van der Waals surface area (Å²) in [4.78, 5) is 15.9. The molecule has 2 rings (SSSR count). The van der Waals surface area contributed by atoms with Crippen LogP contribution < -0.4 is 10.1 Å². The average molecular weight is 330 g/mol. The first-order chi connectivity index (χ1) is 10.5. The molecule has 1 aromatic heterocycles. The molecule has 5 nitrogen and oxygen atoms in total. The topological polar surface area (TPSA) is 56.1 Å². The first-order valence-electron chi connectivity index (χ1n) is 6.45. The third-order valence-corrected chi connectivity index (χ3v) is 3.28. The Hall–Kier alpha value is -2.15. The van der Waals surface area contributed by atoms with Crippen molar-refractivity contribution in [2.75, 3.05) is 0 Å². The molecule has 1 unspecified atom stereocenters. The maximum absolute atomic E-state index is 12.4. The molecule has 0 fully saturated rings. The van der Waals surface area contributed by atoms with Gasteiger partial charge in [-0.2, -0.15) is 8.78 Å². The minimum atomic E-state index is -2.94. The highest BCUT2D eigenvalue weighted by atomic mass is 35.5. The molecule has 118 valence electrons. The number of halogens is 3. The normalized spacial score (nSPS) is 12.2. The summed E-state index contributed by atoms with van der Waals surface area (Å²) < 4.78 is 30.8. The fraction of sp³-hybridized carbons (Fsp3) is 0.286. The third kappa shape index (κ3) is 4.17. The molecule has 1 atom stereocenters. The smallest absolute Gasteiger partial charge is 0.387 e. The Morgan fingerprint density at radius 1 is 1.50 bits per heavy atom. The zero-order chi connectivity index (χ0) is 16.1. The molecule has 1 N–H and O–H groups in total. The van der Waals surface area contributed by atoms with Gasteiger partial charge in [-0.25, -0.2) is 4.98 Å². The molecule has 2 aromatic rings. The Bertz CT molecular complexity index is 635. The van der Waals surface area contributed by atoms with Gasteiger partial charge in [0.15, 0.2) is 0 Å². The fourth-order valence-electron chi connectivity index (χ4n) is 1.86. The van der Waals surface area contributed by atoms with E-state index in [0.717, 1.165) is 0 Å². The second-order valence-electron chi connectivity index (χ2n) is 4.53. The average Bonchev–Trinajstić information content (AvgIpc) is 3.00. The summed E-state index contributed by atoms with van der Waals surface area (Å²) in [5.41, 5.74) is 0.374. The highest BCUT2D eigenvalue weighted by Gasteiger charge is 2.16. The fourth-order valence-corrected chi connectivity index (χ4v) is 2.06. The van der Waals surface area contributed by atoms with E-state index in [1.807, 2.05) is 0 Å². The number of hydrogen-bond donors (Lipinski definition) is 1. The molecule has 22 heavy (non-hydrogen) atoms. The molecular weight excluding hydrogens is 316 g/mol. The first kappa shape index (κ1) is 16.2. The van der Waals surface area contributed by atoms with Crippen molar-refractivity contribution in [1.82, 2.24) is 14.9 Å². The monoisotopic (exact) mass is 329 g/mol. The number of ether oxygens (including phenoxy) is 1. The molecule has 1 amide bonds. The van der Waals surface area contributed by atoms with Gasteiger partial charge >= 0.3 is 6.61 Å². The number of benzene rings is 1. The van der Waals surface area contributed by atoms with Crippen LogP contribution in [-0.2, 0) is 11.3 Å². The molecule has 8 heteroatoms. The number of amides is 1. The second-order valence-corrected chi connectivity index (χ2v) is 4.97. The summed E-state index contributed by atoms with van der Waals surface area (Å²) in [6.45, 7) is -1.22. The summed E-state index contributed by atoms with van der Waals surface area (Å²) in [5, 5.41) is 3.03. The van der Waals surface area contributed by atoms with Gasteiger partial charge in [-0.1, -0.05) is 11.6 Å². The van der Waals surface area contributed by atoms with E-state index >= 15 is 0 Å². The van der Waals surface area contributed by atoms with Gasteiger partial charge in [-0.05, 0) is 25.1 Å². The van der Waals surface area contributed by atoms with E-state index < -0.39 is 12.7 Å². The minimum absolute atomic E-state index is 0.0185. The molecular formula is C14H14ClF2N3O2. The number of aromatic nitrogens is 2. The Morgan fingerprint density at radius 3 is 2.91 bits per heavy atom. The lowest BCUT2D eigenvalue weighted by atomic mass is 10.2. The molecule has 0 aliphatic rings. The van der Waals surface area contributed by atoms with Crippen LogP contribution >= 0.6 is 11.6 Å². The molecule has 1 aromatic carbocycles. The van der Waals surface area contributed by atoms with E-state index in [4.69, 9.17) is 11.6 Å². The number of nitrogens with one attached hydrogen (secondary N) is 1. The van der Waals surface area contributed by atoms with Gasteiger partial charge in [-0.15, -0.1) is 0 Å². The van der Waals surface area contributed by atoms with Crippen LogP contribution in [0, 0.1) is 0 Å². The maximum Gasteiger partial charge on any atom is 0.387 e. The minimum Gasteiger partial charge on any atom is -0.434 e. The van der Waals surface area contributed by atoms with E-state index in [9.17, 15) is 13.6 Å². The van der Waals surface area contributed by atoms with Crippen molar-refractivity contribution >= 4 is 17.5 Å². The Labute approximate surface area is 130 Å². The van der Waals surface area contributed by atoms with Crippen LogP contribution in [0.2, 0.25) is 5.02 Å². The highest BCUT2D eigenvalue weighted by molar-refractivity contribution is 6.30. The first-order valence-corrected chi connectivity index (χ1v) is 6.83. The van der Waals surface area contributed by atoms with Gasteiger partial charge in [0.25, 0.3) is 0 Å². The van der Waals surface area contributed by atoms with Crippen molar-refractivity contribution in [3.63, 3.8) is 0 Å². The summed E-state index contributed by atoms with van der Waals surface area (Å²) in [6, 6.07) is 3.79. The van der Waals surface area contributed by atoms with E-state index in [1.54, 1.807) is 23.9 Å². The van der Waals surface area contributed by atoms with Gasteiger partial charge in [-0.3, -0.25) is 4.79 Å². The van der Waals surface area contributed by atoms with E-state index in [-0.39, 0.29) is 18.2 Å². The predicted octanol–water partition coefficient (Wildman–Crippen LogP) is 3.02. The zero-order valence-corrected chi connectivity index (χ0v) is 12.4. The van der Waals surface area contributed by atoms with Crippen LogP contribution in [0.1, 0.15) is 18.5 Å². The molecule has 1 heterocycles. The largest absolute Gasteiger partial charge is 0.434 e. The number of nitrogens with zero attached hydrogens (tertiary/aromatic N) is 2. The third-order valence-electron chi connectivity index (χ3n) is 3.04. The summed E-state index contributed by atoms with van der Waals surface area (Å²) in [5.74, 6) is -0.295. The predicted molar refractivity (Wildman–Crippen MR) is 76.9 cm³/mol. The molecule has 0 bridgehead atoms. The van der Waals surface area contributed by atoms with E-state index in [1.165, 1.54) is 24.5 Å². The van der Waals surface area contributed by atoms with Gasteiger partial charge in [0.05, 0.1) is 6.33 Å². The molecule has 0 radical (unpaired) electrons. The SMILES string of the molecule is CC(C(=O)NCc1cc(Cl)ccc1OC(F)F)n1ccnc1. The lowest BCUT2D eigenvalue weighted by Crippen LogP contribution is -2.30. The molecule has 0 aliphatic heterocycles. The van der Waals surface area contributed by atoms with Crippen LogP contribution in [0.3, 0.4) is 0 Å². The van der Waals surface area contributed by atoms with Crippen molar-refractivity contribution in [2.24, 2.45) is 0 Å². The van der Waals surface area contributed by atoms with Gasteiger partial charge in [0.2, 0.25) is 5.91 Å². The number of carbonyl (C=O) groups excluding carboxylic acids is 1. The van der Waals surface area contributed by atoms with Crippen molar-refractivity contribution in [3.05, 3.63) is 47.5 Å². The van der Waals surface area contributed by atoms with Crippen LogP contribution in [0.4, 0.5) is 8.78 Å². The van der Waals surface area contributed by atoms with Crippen LogP contribution in [-0.4, -0.2) is 22.1 Å². The summed E-state index contributed by atoms with van der Waals surface area (Å²) in [6.07, 6.45) is 4.75. The molecule has 0 aliphatic carbocycles. The number of rotatable bonds is 6. The van der Waals surface area contributed by atoms with Crippen molar-refractivity contribution in [2.45, 2.75) is 26.1 Å². The molecule has 0 saturated heterocycles. The van der Waals surface area contributed by atoms with Gasteiger partial charge in [0, 0.05) is 29.5 Å². The summed E-state index contributed by atoms with van der Waals surface area (Å²) >= 11 is 5.84. The lowest BCUT2D eigenvalue weighted by Gasteiger charge is -2.15. The quantitative estimate of drug-likeness (QED) is 0.886. The van der Waals surface area contributed by atoms with Crippen LogP contribution in [0.15, 0.2) is 36.9 Å². The molecule has 0 spiro atoms. The van der Waals surface area contributed by atoms with Crippen LogP contribution in [0.25, 0.3) is 0 Å². The Morgan fingerprint density at radius 2 is 2.27 bits per heavy atom. The van der Waals surface area contributed by atoms with Crippen molar-refractivity contribution < 1.29 is 18.3 Å². The number of carbonyl (C=O) groups is 1. The standard InChI is InChI=1S/C14H14ClF2N3O2/c1-9(20-5-4-18-8-20)13(21)19-7-10-6-11(15)2-3-12(10)22-14(16)17/h2-6,8-9,14H,7H2,1H3,(H,19,21). The van der Waals surface area contributed by atoms with E-state index in [0.29, 0.717) is 10.6 Å². The number of imidazole rings is 1. The summed E-state index contributed by atoms with van der Waals surface area (Å²) in [7, 11) is 0. The van der Waals surface area contributed by atoms with E-state index in [2.05, 4.69) is 15.0 Å². The van der Waals surface area contributed by atoms with Gasteiger partial charge in [0.1, 0.15) is 11.8 Å². The molecule has 0 saturated carbocycles. The van der Waals surface area contributed by atoms with Crippen LogP contribution in [0.5, 0.6) is 5.75 Å². The van der Waals surface area contributed by atoms with Crippen molar-refractivity contribution in [3.8, 4) is 5.75 Å². The maximum atomic E-state index is 12.4. The Balaban J connectivity index is 2.04.